The summed E-state index contributed by atoms with van der Waals surface area (Å²) in [6.45, 7) is 8.35. The Bertz CT molecular complexity index is 229. The van der Waals surface area contributed by atoms with Gasteiger partial charge in [-0.25, -0.2) is 0 Å². The van der Waals surface area contributed by atoms with Gasteiger partial charge < -0.3 is 10.6 Å². The standard InChI is InChI=1S/C15H30N2/c1-12-7-8-17(13(2)9-12)11-15-6-4-3-5-14(15)10-16/h12-15H,3-11,16H2,1-2H3. The number of hydrogen-bond donors (Lipinski definition) is 1. The minimum absolute atomic E-state index is 0.791. The Labute approximate surface area is 107 Å². The van der Waals surface area contributed by atoms with Crippen molar-refractivity contribution in [1.29, 1.82) is 0 Å². The largest absolute Gasteiger partial charge is 0.330 e. The number of rotatable bonds is 3. The van der Waals surface area contributed by atoms with Gasteiger partial charge in [0.15, 0.2) is 0 Å². The lowest BCUT2D eigenvalue weighted by atomic mass is 9.78. The van der Waals surface area contributed by atoms with E-state index in [0.29, 0.717) is 0 Å². The topological polar surface area (TPSA) is 29.3 Å². The first kappa shape index (κ1) is 13.4. The Kier molecular flexibility index (Phi) is 4.87. The predicted molar refractivity (Wildman–Crippen MR) is 73.9 cm³/mol. The van der Waals surface area contributed by atoms with Crippen molar-refractivity contribution >= 4 is 0 Å². The van der Waals surface area contributed by atoms with Crippen LogP contribution in [0.3, 0.4) is 0 Å². The van der Waals surface area contributed by atoms with Gasteiger partial charge in [0.1, 0.15) is 0 Å². The van der Waals surface area contributed by atoms with Gasteiger partial charge >= 0.3 is 0 Å². The van der Waals surface area contributed by atoms with Crippen molar-refractivity contribution in [2.24, 2.45) is 23.5 Å². The molecule has 2 aliphatic rings. The van der Waals surface area contributed by atoms with Crippen LogP contribution >= 0.6 is 0 Å². The van der Waals surface area contributed by atoms with Gasteiger partial charge in [-0.2, -0.15) is 0 Å². The molecule has 0 aromatic heterocycles. The highest BCUT2D eigenvalue weighted by molar-refractivity contribution is 4.83. The van der Waals surface area contributed by atoms with Gasteiger partial charge in [0.05, 0.1) is 0 Å². The zero-order chi connectivity index (χ0) is 12.3. The highest BCUT2D eigenvalue weighted by Crippen LogP contribution is 2.32. The Balaban J connectivity index is 1.86. The van der Waals surface area contributed by atoms with Gasteiger partial charge in [0.25, 0.3) is 0 Å². The summed E-state index contributed by atoms with van der Waals surface area (Å²) in [6, 6.07) is 0.791. The van der Waals surface area contributed by atoms with E-state index in [1.165, 1.54) is 51.6 Å². The summed E-state index contributed by atoms with van der Waals surface area (Å²) in [6.07, 6.45) is 8.41. The molecular weight excluding hydrogens is 208 g/mol. The first-order valence-electron chi connectivity index (χ1n) is 7.64. The van der Waals surface area contributed by atoms with Crippen molar-refractivity contribution in [2.45, 2.75) is 58.4 Å². The molecule has 2 heteroatoms. The molecule has 0 spiro atoms. The van der Waals surface area contributed by atoms with Crippen molar-refractivity contribution in [3.63, 3.8) is 0 Å². The molecule has 17 heavy (non-hydrogen) atoms. The number of hydrogen-bond acceptors (Lipinski definition) is 2. The van der Waals surface area contributed by atoms with E-state index >= 15 is 0 Å². The van der Waals surface area contributed by atoms with Gasteiger partial charge in [0, 0.05) is 12.6 Å². The molecule has 2 N–H and O–H groups in total. The highest BCUT2D eigenvalue weighted by Gasteiger charge is 2.29. The fourth-order valence-corrected chi connectivity index (χ4v) is 3.86. The summed E-state index contributed by atoms with van der Waals surface area (Å²) < 4.78 is 0. The summed E-state index contributed by atoms with van der Waals surface area (Å²) in [5.41, 5.74) is 5.94. The molecule has 1 aliphatic heterocycles. The second kappa shape index (κ2) is 6.19. The predicted octanol–water partition coefficient (Wildman–Crippen LogP) is 2.87. The molecule has 0 radical (unpaired) electrons. The smallest absolute Gasteiger partial charge is 0.00695 e. The summed E-state index contributed by atoms with van der Waals surface area (Å²) in [4.78, 5) is 2.73. The molecule has 1 heterocycles. The van der Waals surface area contributed by atoms with Crippen LogP contribution in [0.4, 0.5) is 0 Å². The summed E-state index contributed by atoms with van der Waals surface area (Å²) in [7, 11) is 0. The molecule has 4 unspecified atom stereocenters. The molecule has 2 nitrogen and oxygen atoms in total. The van der Waals surface area contributed by atoms with E-state index < -0.39 is 0 Å². The second-order valence-electron chi connectivity index (χ2n) is 6.51. The SMILES string of the molecule is CC1CCN(CC2CCCCC2CN)C(C)C1. The third-order valence-electron chi connectivity index (χ3n) is 5.11. The van der Waals surface area contributed by atoms with E-state index in [9.17, 15) is 0 Å². The van der Waals surface area contributed by atoms with E-state index in [1.807, 2.05) is 0 Å². The maximum Gasteiger partial charge on any atom is 0.00695 e. The number of nitrogens with two attached hydrogens (primary N) is 1. The van der Waals surface area contributed by atoms with Gasteiger partial charge in [-0.1, -0.05) is 19.8 Å². The Morgan fingerprint density at radius 1 is 1.06 bits per heavy atom. The monoisotopic (exact) mass is 238 g/mol. The summed E-state index contributed by atoms with van der Waals surface area (Å²) in [5.74, 6) is 2.61. The molecule has 100 valence electrons. The molecule has 0 aromatic rings. The number of piperidine rings is 1. The first-order valence-corrected chi connectivity index (χ1v) is 7.64. The minimum Gasteiger partial charge on any atom is -0.330 e. The van der Waals surface area contributed by atoms with Crippen molar-refractivity contribution < 1.29 is 0 Å². The van der Waals surface area contributed by atoms with Crippen molar-refractivity contribution in [2.75, 3.05) is 19.6 Å². The molecule has 1 saturated carbocycles. The van der Waals surface area contributed by atoms with E-state index in [0.717, 1.165) is 30.3 Å². The maximum atomic E-state index is 5.94. The quantitative estimate of drug-likeness (QED) is 0.819. The lowest BCUT2D eigenvalue weighted by Crippen LogP contribution is -2.45. The minimum atomic E-state index is 0.791. The fraction of sp³-hybridized carbons (Fsp3) is 1.00. The molecule has 4 atom stereocenters. The second-order valence-corrected chi connectivity index (χ2v) is 6.51. The molecule has 0 bridgehead atoms. The Morgan fingerprint density at radius 3 is 2.41 bits per heavy atom. The molecule has 2 fully saturated rings. The first-order chi connectivity index (χ1) is 8.20. The lowest BCUT2D eigenvalue weighted by molar-refractivity contribution is 0.0815. The molecule has 0 aromatic carbocycles. The lowest BCUT2D eigenvalue weighted by Gasteiger charge is -2.41. The van der Waals surface area contributed by atoms with Crippen LogP contribution in [-0.4, -0.2) is 30.6 Å². The van der Waals surface area contributed by atoms with Crippen molar-refractivity contribution in [3.05, 3.63) is 0 Å². The van der Waals surface area contributed by atoms with E-state index in [-0.39, 0.29) is 0 Å². The average molecular weight is 238 g/mol. The zero-order valence-corrected chi connectivity index (χ0v) is 11.7. The van der Waals surface area contributed by atoms with Crippen LogP contribution in [0.25, 0.3) is 0 Å². The average Bonchev–Trinajstić information content (AvgIpc) is 2.33. The normalized spacial score (nSPS) is 40.4. The summed E-state index contributed by atoms with van der Waals surface area (Å²) in [5, 5.41) is 0. The van der Waals surface area contributed by atoms with Crippen LogP contribution < -0.4 is 5.73 Å². The van der Waals surface area contributed by atoms with Crippen molar-refractivity contribution in [1.82, 2.24) is 4.90 Å². The van der Waals surface area contributed by atoms with Gasteiger partial charge in [-0.15, -0.1) is 0 Å². The molecule has 1 saturated heterocycles. The van der Waals surface area contributed by atoms with Gasteiger partial charge in [-0.05, 0) is 63.5 Å². The van der Waals surface area contributed by atoms with Crippen LogP contribution in [0.5, 0.6) is 0 Å². The maximum absolute atomic E-state index is 5.94. The number of likely N-dealkylation sites (tertiary alicyclic amines) is 1. The zero-order valence-electron chi connectivity index (χ0n) is 11.7. The molecule has 2 rings (SSSR count). The van der Waals surface area contributed by atoms with Crippen LogP contribution in [0.2, 0.25) is 0 Å². The highest BCUT2D eigenvalue weighted by atomic mass is 15.2. The van der Waals surface area contributed by atoms with E-state index in [4.69, 9.17) is 5.73 Å². The van der Waals surface area contributed by atoms with Gasteiger partial charge in [0.2, 0.25) is 0 Å². The third-order valence-corrected chi connectivity index (χ3v) is 5.11. The van der Waals surface area contributed by atoms with Gasteiger partial charge in [-0.3, -0.25) is 0 Å². The Hall–Kier alpha value is -0.0800. The van der Waals surface area contributed by atoms with Crippen LogP contribution in [0, 0.1) is 17.8 Å². The van der Waals surface area contributed by atoms with Crippen LogP contribution in [-0.2, 0) is 0 Å². The molecular formula is C15H30N2. The fourth-order valence-electron chi connectivity index (χ4n) is 3.86. The molecule has 0 amide bonds. The van der Waals surface area contributed by atoms with Crippen LogP contribution in [0.15, 0.2) is 0 Å². The molecule has 1 aliphatic carbocycles. The van der Waals surface area contributed by atoms with E-state index in [2.05, 4.69) is 18.7 Å². The van der Waals surface area contributed by atoms with Crippen molar-refractivity contribution in [3.8, 4) is 0 Å². The number of nitrogens with zero attached hydrogens (tertiary/aromatic N) is 1. The third kappa shape index (κ3) is 3.45. The summed E-state index contributed by atoms with van der Waals surface area (Å²) >= 11 is 0. The Morgan fingerprint density at radius 2 is 1.76 bits per heavy atom. The van der Waals surface area contributed by atoms with Crippen LogP contribution in [0.1, 0.15) is 52.4 Å². The van der Waals surface area contributed by atoms with E-state index in [1.54, 1.807) is 0 Å².